The highest BCUT2D eigenvalue weighted by atomic mass is 16.1. The number of hydrogen-bond donors (Lipinski definition) is 3. The van der Waals surface area contributed by atoms with Crippen LogP contribution in [-0.2, 0) is 4.79 Å². The van der Waals surface area contributed by atoms with E-state index in [9.17, 15) is 4.79 Å². The molecular weight excluding hydrogens is 228 g/mol. The second-order valence-corrected chi connectivity index (χ2v) is 4.60. The average molecular weight is 244 g/mol. The van der Waals surface area contributed by atoms with E-state index in [2.05, 4.69) is 20.8 Å². The van der Waals surface area contributed by atoms with Crippen LogP contribution in [0.3, 0.4) is 0 Å². The molecule has 1 aromatic heterocycles. The van der Waals surface area contributed by atoms with E-state index in [1.807, 2.05) is 18.2 Å². The van der Waals surface area contributed by atoms with Gasteiger partial charge in [-0.1, -0.05) is 18.6 Å². The number of carbonyl (C=O) groups excluding carboxylic acids is 1. The van der Waals surface area contributed by atoms with E-state index in [-0.39, 0.29) is 0 Å². The molecule has 3 rings (SSSR count). The number of para-hydroxylation sites is 1. The fourth-order valence-electron chi connectivity index (χ4n) is 2.60. The summed E-state index contributed by atoms with van der Waals surface area (Å²) in [6, 6.07) is 6.18. The van der Waals surface area contributed by atoms with Crippen molar-refractivity contribution in [3.63, 3.8) is 0 Å². The minimum absolute atomic E-state index is 0.343. The van der Waals surface area contributed by atoms with Crippen LogP contribution in [0, 0.1) is 0 Å². The summed E-state index contributed by atoms with van der Waals surface area (Å²) in [5, 5.41) is 14.7. The molecule has 0 spiro atoms. The summed E-state index contributed by atoms with van der Waals surface area (Å²) in [6.07, 6.45) is 4.29. The highest BCUT2D eigenvalue weighted by Gasteiger charge is 2.19. The molecule has 1 atom stereocenters. The number of rotatable bonds is 3. The number of anilines is 1. The number of H-pyrrole nitrogens is 1. The molecule has 94 valence electrons. The van der Waals surface area contributed by atoms with Gasteiger partial charge in [0.25, 0.3) is 0 Å². The van der Waals surface area contributed by atoms with Gasteiger partial charge >= 0.3 is 0 Å². The smallest absolute Gasteiger partial charge is 0.211 e. The Morgan fingerprint density at radius 1 is 1.39 bits per heavy atom. The number of benzene rings is 1. The minimum Gasteiger partial charge on any atom is -0.327 e. The standard InChI is InChI=1S/C13H16N4O/c18-8-15-11-6-3-4-9-12(16-17-13(9)11)10-5-1-2-7-14-10/h3-4,6,8,10,14H,1-2,5,7H2,(H,15,18)(H,16,17). The molecule has 1 saturated heterocycles. The molecule has 5 nitrogen and oxygen atoms in total. The van der Waals surface area contributed by atoms with Gasteiger partial charge in [-0.2, -0.15) is 5.10 Å². The first kappa shape index (κ1) is 11.2. The molecule has 3 N–H and O–H groups in total. The molecule has 1 fully saturated rings. The van der Waals surface area contributed by atoms with E-state index >= 15 is 0 Å². The van der Waals surface area contributed by atoms with Gasteiger partial charge < -0.3 is 10.6 Å². The van der Waals surface area contributed by atoms with Crippen molar-refractivity contribution in [1.29, 1.82) is 0 Å². The van der Waals surface area contributed by atoms with Gasteiger partial charge in [-0.3, -0.25) is 9.89 Å². The third kappa shape index (κ3) is 1.86. The highest BCUT2D eigenvalue weighted by Crippen LogP contribution is 2.30. The zero-order valence-electron chi connectivity index (χ0n) is 10.1. The van der Waals surface area contributed by atoms with E-state index in [4.69, 9.17) is 0 Å². The predicted octanol–water partition coefficient (Wildman–Crippen LogP) is 1.95. The lowest BCUT2D eigenvalue weighted by Crippen LogP contribution is -2.27. The molecule has 0 saturated carbocycles. The molecule has 1 unspecified atom stereocenters. The van der Waals surface area contributed by atoms with Crippen LogP contribution in [0.15, 0.2) is 18.2 Å². The molecule has 0 radical (unpaired) electrons. The number of hydrogen-bond acceptors (Lipinski definition) is 3. The van der Waals surface area contributed by atoms with E-state index in [1.165, 1.54) is 12.8 Å². The molecule has 2 aromatic rings. The second-order valence-electron chi connectivity index (χ2n) is 4.60. The fraction of sp³-hybridized carbons (Fsp3) is 0.385. The largest absolute Gasteiger partial charge is 0.327 e. The molecule has 5 heteroatoms. The van der Waals surface area contributed by atoms with Crippen LogP contribution < -0.4 is 10.6 Å². The van der Waals surface area contributed by atoms with Crippen LogP contribution in [-0.4, -0.2) is 23.2 Å². The molecular formula is C13H16N4O. The van der Waals surface area contributed by atoms with Gasteiger partial charge in [-0.15, -0.1) is 0 Å². The average Bonchev–Trinajstić information content (AvgIpc) is 2.85. The molecule has 0 aliphatic carbocycles. The summed E-state index contributed by atoms with van der Waals surface area (Å²) in [4.78, 5) is 10.6. The van der Waals surface area contributed by atoms with Crippen LogP contribution in [0.5, 0.6) is 0 Å². The third-order valence-corrected chi connectivity index (χ3v) is 3.49. The Balaban J connectivity index is 2.03. The third-order valence-electron chi connectivity index (χ3n) is 3.49. The van der Waals surface area contributed by atoms with E-state index < -0.39 is 0 Å². The van der Waals surface area contributed by atoms with E-state index in [0.29, 0.717) is 12.5 Å². The first-order valence-corrected chi connectivity index (χ1v) is 6.30. The number of aromatic nitrogens is 2. The Morgan fingerprint density at radius 2 is 2.33 bits per heavy atom. The maximum atomic E-state index is 10.6. The summed E-state index contributed by atoms with van der Waals surface area (Å²) < 4.78 is 0. The lowest BCUT2D eigenvalue weighted by atomic mass is 9.99. The van der Waals surface area contributed by atoms with Crippen molar-refractivity contribution < 1.29 is 4.79 Å². The van der Waals surface area contributed by atoms with Crippen LogP contribution in [0.2, 0.25) is 0 Å². The molecule has 1 aliphatic heterocycles. The summed E-state index contributed by atoms with van der Waals surface area (Å²) >= 11 is 0. The second kappa shape index (κ2) is 4.78. The van der Waals surface area contributed by atoms with Crippen LogP contribution in [0.4, 0.5) is 5.69 Å². The van der Waals surface area contributed by atoms with Gasteiger partial charge in [0, 0.05) is 11.4 Å². The maximum absolute atomic E-state index is 10.6. The topological polar surface area (TPSA) is 69.8 Å². The van der Waals surface area contributed by atoms with Crippen LogP contribution >= 0.6 is 0 Å². The first-order valence-electron chi connectivity index (χ1n) is 6.30. The lowest BCUT2D eigenvalue weighted by Gasteiger charge is -2.22. The number of nitrogens with zero attached hydrogens (tertiary/aromatic N) is 1. The number of fused-ring (bicyclic) bond motifs is 1. The first-order chi connectivity index (χ1) is 8.90. The SMILES string of the molecule is O=CNc1cccc2c(C3CCCCN3)[nH]nc12. The lowest BCUT2D eigenvalue weighted by molar-refractivity contribution is -0.105. The Hall–Kier alpha value is -1.88. The Bertz CT molecular complexity index is 557. The number of amides is 1. The molecule has 1 amide bonds. The summed E-state index contributed by atoms with van der Waals surface area (Å²) in [7, 11) is 0. The monoisotopic (exact) mass is 244 g/mol. The van der Waals surface area contributed by atoms with Crippen molar-refractivity contribution in [2.24, 2.45) is 0 Å². The van der Waals surface area contributed by atoms with Gasteiger partial charge in [0.15, 0.2) is 0 Å². The molecule has 1 aromatic carbocycles. The summed E-state index contributed by atoms with van der Waals surface area (Å²) in [5.74, 6) is 0. The van der Waals surface area contributed by atoms with Gasteiger partial charge in [0.05, 0.1) is 11.4 Å². The normalized spacial score (nSPS) is 19.9. The highest BCUT2D eigenvalue weighted by molar-refractivity contribution is 5.95. The van der Waals surface area contributed by atoms with Gasteiger partial charge in [-0.25, -0.2) is 0 Å². The number of piperidine rings is 1. The Labute approximate surface area is 105 Å². The van der Waals surface area contributed by atoms with Crippen molar-refractivity contribution in [1.82, 2.24) is 15.5 Å². The minimum atomic E-state index is 0.343. The van der Waals surface area contributed by atoms with Gasteiger partial charge in [-0.05, 0) is 25.5 Å². The fourth-order valence-corrected chi connectivity index (χ4v) is 2.60. The van der Waals surface area contributed by atoms with E-state index in [0.717, 1.165) is 35.2 Å². The molecule has 2 heterocycles. The van der Waals surface area contributed by atoms with Gasteiger partial charge in [0.2, 0.25) is 6.41 Å². The number of carbonyl (C=O) groups is 1. The Morgan fingerprint density at radius 3 is 3.11 bits per heavy atom. The quantitative estimate of drug-likeness (QED) is 0.723. The zero-order chi connectivity index (χ0) is 12.4. The number of nitrogens with one attached hydrogen (secondary N) is 3. The molecule has 18 heavy (non-hydrogen) atoms. The van der Waals surface area contributed by atoms with Gasteiger partial charge in [0.1, 0.15) is 5.52 Å². The number of aromatic amines is 1. The molecule has 1 aliphatic rings. The van der Waals surface area contributed by atoms with Crippen molar-refractivity contribution in [2.45, 2.75) is 25.3 Å². The summed E-state index contributed by atoms with van der Waals surface area (Å²) in [5.41, 5.74) is 2.70. The molecule has 0 bridgehead atoms. The predicted molar refractivity (Wildman–Crippen MR) is 70.4 cm³/mol. The van der Waals surface area contributed by atoms with Crippen LogP contribution in [0.25, 0.3) is 10.9 Å². The van der Waals surface area contributed by atoms with Crippen molar-refractivity contribution in [2.75, 3.05) is 11.9 Å². The van der Waals surface area contributed by atoms with Crippen LogP contribution in [0.1, 0.15) is 31.0 Å². The zero-order valence-corrected chi connectivity index (χ0v) is 10.1. The summed E-state index contributed by atoms with van der Waals surface area (Å²) in [6.45, 7) is 1.05. The van der Waals surface area contributed by atoms with E-state index in [1.54, 1.807) is 0 Å². The van der Waals surface area contributed by atoms with Crippen molar-refractivity contribution in [3.8, 4) is 0 Å². The van der Waals surface area contributed by atoms with Crippen molar-refractivity contribution >= 4 is 23.0 Å². The maximum Gasteiger partial charge on any atom is 0.211 e. The van der Waals surface area contributed by atoms with Crippen molar-refractivity contribution in [3.05, 3.63) is 23.9 Å². The Kier molecular flexibility index (Phi) is 2.98.